The largest absolute Gasteiger partial charge is 0.295 e. The molecule has 0 saturated heterocycles. The van der Waals surface area contributed by atoms with Gasteiger partial charge in [-0.1, -0.05) is 17.7 Å². The lowest BCUT2D eigenvalue weighted by Gasteiger charge is -2.27. The van der Waals surface area contributed by atoms with E-state index in [9.17, 15) is 0 Å². The van der Waals surface area contributed by atoms with Gasteiger partial charge in [-0.15, -0.1) is 11.6 Å². The van der Waals surface area contributed by atoms with Gasteiger partial charge >= 0.3 is 0 Å². The molecule has 2 heteroatoms. The summed E-state index contributed by atoms with van der Waals surface area (Å²) in [5.41, 5.74) is 5.58. The molecular weight excluding hydrogens is 230 g/mol. The molecule has 0 unspecified atom stereocenters. The minimum atomic E-state index is 0.536. The van der Waals surface area contributed by atoms with Crippen molar-refractivity contribution < 1.29 is 0 Å². The van der Waals surface area contributed by atoms with Gasteiger partial charge < -0.3 is 0 Å². The molecule has 1 rings (SSSR count). The van der Waals surface area contributed by atoms with E-state index in [2.05, 4.69) is 51.7 Å². The third kappa shape index (κ3) is 4.01. The normalized spacial score (nSPS) is 11.5. The first-order chi connectivity index (χ1) is 7.95. The Morgan fingerprint density at radius 2 is 1.65 bits per heavy atom. The number of benzene rings is 1. The predicted octanol–water partition coefficient (Wildman–Crippen LogP) is 4.06. The first-order valence-corrected chi connectivity index (χ1v) is 6.86. The highest BCUT2D eigenvalue weighted by atomic mass is 35.5. The molecule has 0 aliphatic heterocycles. The van der Waals surface area contributed by atoms with E-state index in [1.807, 2.05) is 0 Å². The third-order valence-electron chi connectivity index (χ3n) is 3.30. The van der Waals surface area contributed by atoms with Gasteiger partial charge in [-0.25, -0.2) is 0 Å². The van der Waals surface area contributed by atoms with E-state index in [-0.39, 0.29) is 0 Å². The van der Waals surface area contributed by atoms with Crippen LogP contribution in [0.5, 0.6) is 0 Å². The van der Waals surface area contributed by atoms with Crippen molar-refractivity contribution in [2.45, 2.75) is 47.2 Å². The monoisotopic (exact) mass is 253 g/mol. The summed E-state index contributed by atoms with van der Waals surface area (Å²) in [6.07, 6.45) is 0. The molecule has 0 N–H and O–H groups in total. The van der Waals surface area contributed by atoms with Gasteiger partial charge in [0.2, 0.25) is 0 Å². The van der Waals surface area contributed by atoms with Crippen molar-refractivity contribution in [3.8, 4) is 0 Å². The van der Waals surface area contributed by atoms with Crippen molar-refractivity contribution in [1.29, 1.82) is 0 Å². The number of halogens is 1. The molecule has 1 nitrogen and oxygen atoms in total. The Balaban J connectivity index is 2.93. The number of alkyl halides is 1. The Bertz CT molecular complexity index is 348. The van der Waals surface area contributed by atoms with Crippen molar-refractivity contribution >= 4 is 11.6 Å². The van der Waals surface area contributed by atoms with Crippen LogP contribution in [0.4, 0.5) is 0 Å². The summed E-state index contributed by atoms with van der Waals surface area (Å²) in [5, 5.41) is 0. The van der Waals surface area contributed by atoms with Gasteiger partial charge in [0, 0.05) is 25.0 Å². The van der Waals surface area contributed by atoms with Crippen LogP contribution < -0.4 is 0 Å². The van der Waals surface area contributed by atoms with E-state index in [1.165, 1.54) is 22.3 Å². The minimum absolute atomic E-state index is 0.536. The second kappa shape index (κ2) is 6.42. The van der Waals surface area contributed by atoms with Gasteiger partial charge in [0.15, 0.2) is 0 Å². The second-order valence-electron chi connectivity index (χ2n) is 5.13. The van der Waals surface area contributed by atoms with Gasteiger partial charge in [0.25, 0.3) is 0 Å². The number of rotatable bonds is 5. The van der Waals surface area contributed by atoms with Gasteiger partial charge in [0.05, 0.1) is 0 Å². The summed E-state index contributed by atoms with van der Waals surface area (Å²) >= 11 is 5.87. The van der Waals surface area contributed by atoms with Crippen LogP contribution in [0.1, 0.15) is 36.1 Å². The number of aryl methyl sites for hydroxylation is 3. The average Bonchev–Trinajstić information content (AvgIpc) is 2.21. The zero-order valence-electron chi connectivity index (χ0n) is 11.7. The van der Waals surface area contributed by atoms with Crippen LogP contribution in [0.2, 0.25) is 0 Å². The van der Waals surface area contributed by atoms with Crippen molar-refractivity contribution in [3.63, 3.8) is 0 Å². The molecule has 0 fully saturated rings. The van der Waals surface area contributed by atoms with Crippen molar-refractivity contribution in [2.75, 3.05) is 12.4 Å². The van der Waals surface area contributed by atoms with Crippen LogP contribution in [-0.2, 0) is 6.54 Å². The second-order valence-corrected chi connectivity index (χ2v) is 5.51. The molecule has 1 aromatic carbocycles. The van der Waals surface area contributed by atoms with E-state index in [0.29, 0.717) is 11.9 Å². The Hall–Kier alpha value is -0.530. The highest BCUT2D eigenvalue weighted by molar-refractivity contribution is 6.18. The average molecular weight is 254 g/mol. The van der Waals surface area contributed by atoms with Crippen LogP contribution in [0.3, 0.4) is 0 Å². The van der Waals surface area contributed by atoms with Crippen LogP contribution in [-0.4, -0.2) is 23.4 Å². The van der Waals surface area contributed by atoms with E-state index < -0.39 is 0 Å². The summed E-state index contributed by atoms with van der Waals surface area (Å²) in [5.74, 6) is 0.697. The lowest BCUT2D eigenvalue weighted by molar-refractivity contribution is 0.225. The van der Waals surface area contributed by atoms with Crippen LogP contribution >= 0.6 is 11.6 Å². The maximum Gasteiger partial charge on any atom is 0.0351 e. The highest BCUT2D eigenvalue weighted by Gasteiger charge is 2.12. The highest BCUT2D eigenvalue weighted by Crippen LogP contribution is 2.19. The van der Waals surface area contributed by atoms with E-state index in [1.54, 1.807) is 0 Å². The molecular formula is C15H24ClN. The fourth-order valence-corrected chi connectivity index (χ4v) is 2.51. The molecule has 0 atom stereocenters. The van der Waals surface area contributed by atoms with Crippen LogP contribution in [0.15, 0.2) is 12.1 Å². The topological polar surface area (TPSA) is 3.24 Å². The Kier molecular flexibility index (Phi) is 5.48. The van der Waals surface area contributed by atoms with Gasteiger partial charge in [-0.2, -0.15) is 0 Å². The minimum Gasteiger partial charge on any atom is -0.295 e. The lowest BCUT2D eigenvalue weighted by atomic mass is 9.99. The van der Waals surface area contributed by atoms with Crippen molar-refractivity contribution in [1.82, 2.24) is 4.90 Å². The smallest absolute Gasteiger partial charge is 0.0351 e. The molecule has 1 aromatic rings. The number of nitrogens with zero attached hydrogens (tertiary/aromatic N) is 1. The Morgan fingerprint density at radius 3 is 2.06 bits per heavy atom. The molecule has 0 heterocycles. The molecule has 0 radical (unpaired) electrons. The SMILES string of the molecule is Cc1cc(C)c(CN(CCCl)C(C)C)c(C)c1. The zero-order chi connectivity index (χ0) is 13.0. The summed E-state index contributed by atoms with van der Waals surface area (Å²) in [4.78, 5) is 2.43. The molecule has 0 saturated carbocycles. The quantitative estimate of drug-likeness (QED) is 0.716. The molecule has 0 bridgehead atoms. The lowest BCUT2D eigenvalue weighted by Crippen LogP contribution is -2.32. The molecule has 0 aromatic heterocycles. The number of hydrogen-bond acceptors (Lipinski definition) is 1. The molecule has 0 aliphatic carbocycles. The molecule has 0 aliphatic rings. The van der Waals surface area contributed by atoms with E-state index in [0.717, 1.165) is 13.1 Å². The Morgan fingerprint density at radius 1 is 1.12 bits per heavy atom. The maximum atomic E-state index is 5.87. The molecule has 96 valence electrons. The summed E-state index contributed by atoms with van der Waals surface area (Å²) in [6.45, 7) is 13.0. The predicted molar refractivity (Wildman–Crippen MR) is 76.9 cm³/mol. The van der Waals surface area contributed by atoms with E-state index in [4.69, 9.17) is 11.6 Å². The molecule has 0 spiro atoms. The maximum absolute atomic E-state index is 5.87. The molecule has 0 amide bonds. The summed E-state index contributed by atoms with van der Waals surface area (Å²) in [7, 11) is 0. The van der Waals surface area contributed by atoms with Gasteiger partial charge in [-0.3, -0.25) is 4.90 Å². The standard InChI is InChI=1S/C15H24ClN/c1-11(2)17(7-6-16)10-15-13(4)8-12(3)9-14(15)5/h8-9,11H,6-7,10H2,1-5H3. The van der Waals surface area contributed by atoms with Crippen molar-refractivity contribution in [2.24, 2.45) is 0 Å². The van der Waals surface area contributed by atoms with Crippen LogP contribution in [0.25, 0.3) is 0 Å². The van der Waals surface area contributed by atoms with Gasteiger partial charge in [-0.05, 0) is 51.3 Å². The summed E-state index contributed by atoms with van der Waals surface area (Å²) < 4.78 is 0. The molecule has 17 heavy (non-hydrogen) atoms. The van der Waals surface area contributed by atoms with E-state index >= 15 is 0 Å². The summed E-state index contributed by atoms with van der Waals surface area (Å²) in [6, 6.07) is 5.07. The third-order valence-corrected chi connectivity index (χ3v) is 3.47. The number of hydrogen-bond donors (Lipinski definition) is 0. The fourth-order valence-electron chi connectivity index (χ4n) is 2.29. The van der Waals surface area contributed by atoms with Crippen LogP contribution in [0, 0.1) is 20.8 Å². The fraction of sp³-hybridized carbons (Fsp3) is 0.600. The van der Waals surface area contributed by atoms with Crippen molar-refractivity contribution in [3.05, 3.63) is 34.4 Å². The zero-order valence-corrected chi connectivity index (χ0v) is 12.4. The first kappa shape index (κ1) is 14.5. The first-order valence-electron chi connectivity index (χ1n) is 6.32. The van der Waals surface area contributed by atoms with Gasteiger partial charge in [0.1, 0.15) is 0 Å². The Labute approximate surface area is 111 Å².